The average molecular weight is 499 g/mol. The quantitative estimate of drug-likeness (QED) is 0.390. The van der Waals surface area contributed by atoms with Crippen LogP contribution < -0.4 is 15.0 Å². The minimum atomic E-state index is -0.171. The number of nitrogens with one attached hydrogen (secondary N) is 1. The number of pyridine rings is 1. The van der Waals surface area contributed by atoms with Crippen molar-refractivity contribution in [3.8, 4) is 5.88 Å². The molecule has 1 saturated heterocycles. The van der Waals surface area contributed by atoms with E-state index in [1.165, 1.54) is 6.07 Å². The molecule has 28 heavy (non-hydrogen) atoms. The molecule has 0 aliphatic carbocycles. The molecule has 1 aliphatic rings. The van der Waals surface area contributed by atoms with Gasteiger partial charge in [-0.1, -0.05) is 18.2 Å². The van der Waals surface area contributed by atoms with Gasteiger partial charge in [-0.3, -0.25) is 0 Å². The van der Waals surface area contributed by atoms with Crippen LogP contribution in [-0.2, 0) is 6.54 Å². The van der Waals surface area contributed by atoms with Crippen LogP contribution in [0.1, 0.15) is 12.5 Å². The molecule has 6 nitrogen and oxygen atoms in total. The number of anilines is 1. The molecule has 0 spiro atoms. The van der Waals surface area contributed by atoms with E-state index in [2.05, 4.69) is 27.0 Å². The van der Waals surface area contributed by atoms with Gasteiger partial charge in [0, 0.05) is 44.5 Å². The number of aromatic nitrogens is 1. The van der Waals surface area contributed by atoms with Crippen molar-refractivity contribution in [1.29, 1.82) is 0 Å². The van der Waals surface area contributed by atoms with E-state index in [0.717, 1.165) is 44.2 Å². The summed E-state index contributed by atoms with van der Waals surface area (Å²) < 4.78 is 19.3. The maximum Gasteiger partial charge on any atom is 0.218 e. The van der Waals surface area contributed by atoms with Crippen molar-refractivity contribution in [3.63, 3.8) is 0 Å². The molecule has 0 bridgehead atoms. The topological polar surface area (TPSA) is 53.0 Å². The van der Waals surface area contributed by atoms with E-state index in [4.69, 9.17) is 9.73 Å². The lowest BCUT2D eigenvalue weighted by Gasteiger charge is -2.37. The van der Waals surface area contributed by atoms with Crippen LogP contribution >= 0.6 is 24.0 Å². The molecule has 1 N–H and O–H groups in total. The number of halogens is 2. The van der Waals surface area contributed by atoms with E-state index in [1.54, 1.807) is 19.4 Å². The van der Waals surface area contributed by atoms with Crippen molar-refractivity contribution >= 4 is 35.6 Å². The van der Waals surface area contributed by atoms with Gasteiger partial charge in [0.2, 0.25) is 5.88 Å². The third-order valence-electron chi connectivity index (χ3n) is 4.55. The number of rotatable bonds is 5. The SMILES string of the molecule is CCNC(=NCc1cccnc1OC)N1CCN(c2ccccc2F)CC1.I. The minimum absolute atomic E-state index is 0. The summed E-state index contributed by atoms with van der Waals surface area (Å²) in [6.07, 6.45) is 1.71. The Bertz CT molecular complexity index is 781. The number of nitrogens with zero attached hydrogens (tertiary/aromatic N) is 4. The standard InChI is InChI=1S/C20H26FN5O.HI/c1-3-22-20(24-15-16-7-6-10-23-19(16)27-2)26-13-11-25(12-14-26)18-9-5-4-8-17(18)21;/h4-10H,3,11-15H2,1-2H3,(H,22,24);1H. The Kier molecular flexibility index (Phi) is 8.75. The van der Waals surface area contributed by atoms with E-state index in [-0.39, 0.29) is 29.8 Å². The molecule has 0 unspecified atom stereocenters. The summed E-state index contributed by atoms with van der Waals surface area (Å²) in [6, 6.07) is 10.8. The number of guanidine groups is 1. The molecule has 0 saturated carbocycles. The van der Waals surface area contributed by atoms with Gasteiger partial charge in [-0.25, -0.2) is 14.4 Å². The maximum absolute atomic E-state index is 14.0. The van der Waals surface area contributed by atoms with Gasteiger partial charge in [-0.2, -0.15) is 0 Å². The van der Waals surface area contributed by atoms with E-state index in [1.807, 2.05) is 24.3 Å². The monoisotopic (exact) mass is 499 g/mol. The molecule has 8 heteroatoms. The first-order chi connectivity index (χ1) is 13.2. The Labute approximate surface area is 182 Å². The molecule has 1 aromatic heterocycles. The largest absolute Gasteiger partial charge is 0.481 e. The fourth-order valence-corrected chi connectivity index (χ4v) is 3.18. The molecular formula is C20H27FIN5O. The Morgan fingerprint density at radius 2 is 1.93 bits per heavy atom. The first kappa shape index (κ1) is 22.2. The van der Waals surface area contributed by atoms with Crippen LogP contribution in [0.4, 0.5) is 10.1 Å². The molecule has 0 atom stereocenters. The molecule has 2 aromatic rings. The van der Waals surface area contributed by atoms with E-state index >= 15 is 0 Å². The molecule has 3 rings (SSSR count). The van der Waals surface area contributed by atoms with Gasteiger partial charge in [-0.05, 0) is 25.1 Å². The van der Waals surface area contributed by atoms with E-state index in [0.29, 0.717) is 18.1 Å². The van der Waals surface area contributed by atoms with Crippen molar-refractivity contribution in [2.75, 3.05) is 44.7 Å². The van der Waals surface area contributed by atoms with E-state index < -0.39 is 0 Å². The number of methoxy groups -OCH3 is 1. The predicted octanol–water partition coefficient (Wildman–Crippen LogP) is 3.14. The lowest BCUT2D eigenvalue weighted by atomic mass is 10.2. The van der Waals surface area contributed by atoms with Gasteiger partial charge < -0.3 is 19.9 Å². The highest BCUT2D eigenvalue weighted by atomic mass is 127. The zero-order chi connectivity index (χ0) is 19.1. The fourth-order valence-electron chi connectivity index (χ4n) is 3.18. The van der Waals surface area contributed by atoms with Gasteiger partial charge in [0.05, 0.1) is 19.3 Å². The van der Waals surface area contributed by atoms with Crippen molar-refractivity contribution in [2.24, 2.45) is 4.99 Å². The highest BCUT2D eigenvalue weighted by Crippen LogP contribution is 2.20. The molecule has 152 valence electrons. The second-order valence-corrected chi connectivity index (χ2v) is 6.27. The van der Waals surface area contributed by atoms with Crippen molar-refractivity contribution in [3.05, 3.63) is 54.0 Å². The first-order valence-corrected chi connectivity index (χ1v) is 9.23. The lowest BCUT2D eigenvalue weighted by Crippen LogP contribution is -2.52. The first-order valence-electron chi connectivity index (χ1n) is 9.23. The number of piperazine rings is 1. The van der Waals surface area contributed by atoms with Crippen LogP contribution in [0.2, 0.25) is 0 Å². The van der Waals surface area contributed by atoms with Gasteiger partial charge in [0.1, 0.15) is 5.82 Å². The van der Waals surface area contributed by atoms with Crippen molar-refractivity contribution in [1.82, 2.24) is 15.2 Å². The van der Waals surface area contributed by atoms with E-state index in [9.17, 15) is 4.39 Å². The Morgan fingerprint density at radius 3 is 2.61 bits per heavy atom. The Morgan fingerprint density at radius 1 is 1.18 bits per heavy atom. The third kappa shape index (κ3) is 5.46. The second kappa shape index (κ2) is 11.0. The second-order valence-electron chi connectivity index (χ2n) is 6.27. The zero-order valence-corrected chi connectivity index (χ0v) is 18.6. The maximum atomic E-state index is 14.0. The van der Waals surface area contributed by atoms with Crippen LogP contribution in [0.15, 0.2) is 47.6 Å². The van der Waals surface area contributed by atoms with Gasteiger partial charge in [0.25, 0.3) is 0 Å². The fraction of sp³-hybridized carbons (Fsp3) is 0.400. The van der Waals surface area contributed by atoms with Gasteiger partial charge in [-0.15, -0.1) is 24.0 Å². The summed E-state index contributed by atoms with van der Waals surface area (Å²) in [5.74, 6) is 1.29. The average Bonchev–Trinajstić information content (AvgIpc) is 2.72. The Balaban J connectivity index is 0.00000280. The lowest BCUT2D eigenvalue weighted by molar-refractivity contribution is 0.370. The summed E-state index contributed by atoms with van der Waals surface area (Å²) in [4.78, 5) is 13.3. The van der Waals surface area contributed by atoms with Crippen LogP contribution in [0.5, 0.6) is 5.88 Å². The summed E-state index contributed by atoms with van der Waals surface area (Å²) in [7, 11) is 1.61. The number of aliphatic imine (C=N–C) groups is 1. The van der Waals surface area contributed by atoms with Crippen molar-refractivity contribution in [2.45, 2.75) is 13.5 Å². The number of ether oxygens (including phenoxy) is 1. The predicted molar refractivity (Wildman–Crippen MR) is 121 cm³/mol. The molecule has 1 aliphatic heterocycles. The summed E-state index contributed by atoms with van der Waals surface area (Å²) in [6.45, 7) is 6.40. The number of hydrogen-bond acceptors (Lipinski definition) is 4. The molecule has 0 amide bonds. The zero-order valence-electron chi connectivity index (χ0n) is 16.3. The minimum Gasteiger partial charge on any atom is -0.481 e. The van der Waals surface area contributed by atoms with Gasteiger partial charge in [0.15, 0.2) is 5.96 Å². The highest BCUT2D eigenvalue weighted by molar-refractivity contribution is 14.0. The van der Waals surface area contributed by atoms with Crippen LogP contribution in [-0.4, -0.2) is 55.7 Å². The normalized spacial score (nSPS) is 14.5. The summed E-state index contributed by atoms with van der Waals surface area (Å²) >= 11 is 0. The number of para-hydroxylation sites is 1. The third-order valence-corrected chi connectivity index (χ3v) is 4.55. The van der Waals surface area contributed by atoms with Crippen LogP contribution in [0, 0.1) is 5.82 Å². The Hall–Kier alpha value is -2.10. The van der Waals surface area contributed by atoms with Crippen LogP contribution in [0.25, 0.3) is 0 Å². The highest BCUT2D eigenvalue weighted by Gasteiger charge is 2.21. The number of hydrogen-bond donors (Lipinski definition) is 1. The summed E-state index contributed by atoms with van der Waals surface area (Å²) in [5, 5.41) is 3.35. The molecule has 1 fully saturated rings. The van der Waals surface area contributed by atoms with Gasteiger partial charge >= 0.3 is 0 Å². The molecule has 2 heterocycles. The van der Waals surface area contributed by atoms with Crippen molar-refractivity contribution < 1.29 is 9.13 Å². The smallest absolute Gasteiger partial charge is 0.218 e. The van der Waals surface area contributed by atoms with Crippen LogP contribution in [0.3, 0.4) is 0 Å². The summed E-state index contributed by atoms with van der Waals surface area (Å²) in [5.41, 5.74) is 1.61. The number of benzene rings is 1. The molecule has 0 radical (unpaired) electrons. The molecule has 1 aromatic carbocycles. The molecular weight excluding hydrogens is 472 g/mol.